The van der Waals surface area contributed by atoms with Crippen LogP contribution in [0.3, 0.4) is 0 Å². The van der Waals surface area contributed by atoms with Gasteiger partial charge in [0.05, 0.1) is 18.2 Å². The fourth-order valence-electron chi connectivity index (χ4n) is 6.30. The highest BCUT2D eigenvalue weighted by Gasteiger charge is 2.63. The first-order chi connectivity index (χ1) is 24.1. The molecule has 1 aromatic heterocycles. The van der Waals surface area contributed by atoms with Crippen LogP contribution in [0, 0.1) is 5.41 Å². The Labute approximate surface area is 308 Å². The molecule has 1 spiro atoms. The van der Waals surface area contributed by atoms with Gasteiger partial charge >= 0.3 is 18.1 Å². The summed E-state index contributed by atoms with van der Waals surface area (Å²) in [5.41, 5.74) is 0.121. The number of hydrogen-bond donors (Lipinski definition) is 2. The number of fused-ring (bicyclic) bond motifs is 3. The second-order valence-electron chi connectivity index (χ2n) is 17.7. The van der Waals surface area contributed by atoms with Crippen LogP contribution in [0.1, 0.15) is 111 Å². The number of rotatable bonds is 12. The molecule has 3 amide bonds. The van der Waals surface area contributed by atoms with Gasteiger partial charge in [-0.3, -0.25) is 10.2 Å². The average molecular weight is 740 g/mol. The summed E-state index contributed by atoms with van der Waals surface area (Å²) in [6, 6.07) is 11.3. The minimum absolute atomic E-state index is 0.0159. The first-order valence-corrected chi connectivity index (χ1v) is 21.1. The Morgan fingerprint density at radius 1 is 1.04 bits per heavy atom. The van der Waals surface area contributed by atoms with Crippen LogP contribution >= 0.6 is 0 Å². The molecular formula is C38H57N5O8Si. The number of hydroxylamine groups is 2. The quantitative estimate of drug-likeness (QED) is 0.128. The molecule has 5 rings (SSSR count). The molecule has 1 aromatic carbocycles. The van der Waals surface area contributed by atoms with Crippen molar-refractivity contribution in [2.75, 3.05) is 13.1 Å². The average Bonchev–Trinajstić information content (AvgIpc) is 3.47. The summed E-state index contributed by atoms with van der Waals surface area (Å²) in [5.74, 6) is -0.0899. The molecule has 2 aliphatic heterocycles. The van der Waals surface area contributed by atoms with Gasteiger partial charge in [-0.1, -0.05) is 56.3 Å². The summed E-state index contributed by atoms with van der Waals surface area (Å²) in [6.45, 7) is 22.3. The molecule has 52 heavy (non-hydrogen) atoms. The van der Waals surface area contributed by atoms with E-state index in [-0.39, 0.29) is 40.9 Å². The molecule has 3 aliphatic rings. The topological polar surface area (TPSA) is 145 Å². The number of nitrogens with one attached hydrogen (secondary N) is 2. The van der Waals surface area contributed by atoms with Gasteiger partial charge in [0, 0.05) is 19.2 Å². The molecule has 1 aliphatic carbocycles. The van der Waals surface area contributed by atoms with Crippen molar-refractivity contribution >= 4 is 26.4 Å². The van der Waals surface area contributed by atoms with Crippen molar-refractivity contribution in [2.24, 2.45) is 5.41 Å². The van der Waals surface area contributed by atoms with Crippen LogP contribution in [0.5, 0.6) is 0 Å². The fraction of sp³-hybridized carbons (Fsp3) is 0.632. The van der Waals surface area contributed by atoms with Crippen LogP contribution in [0.25, 0.3) is 0 Å². The van der Waals surface area contributed by atoms with Gasteiger partial charge in [0.15, 0.2) is 14.1 Å². The van der Waals surface area contributed by atoms with Crippen LogP contribution in [0.4, 0.5) is 9.59 Å². The fourth-order valence-corrected chi connectivity index (χ4v) is 7.56. The summed E-state index contributed by atoms with van der Waals surface area (Å²) in [5, 5.41) is 11.8. The summed E-state index contributed by atoms with van der Waals surface area (Å²) < 4.78 is 23.9. The summed E-state index contributed by atoms with van der Waals surface area (Å²) in [7, 11) is -2.40. The molecule has 13 nitrogen and oxygen atoms in total. The number of urea groups is 1. The predicted octanol–water partition coefficient (Wildman–Crippen LogP) is 7.50. The number of nitrogens with zero attached hydrogens (tertiary/aromatic N) is 3. The van der Waals surface area contributed by atoms with Crippen molar-refractivity contribution in [3.05, 3.63) is 65.3 Å². The van der Waals surface area contributed by atoms with E-state index in [1.165, 1.54) is 6.08 Å². The molecule has 2 aromatic rings. The maximum absolute atomic E-state index is 13.8. The van der Waals surface area contributed by atoms with E-state index in [1.807, 2.05) is 41.3 Å². The molecule has 14 heteroatoms. The number of carbonyl (C=O) groups is 3. The highest BCUT2D eigenvalue weighted by Crippen LogP contribution is 2.62. The molecule has 3 heterocycles. The molecule has 2 saturated heterocycles. The number of ether oxygens (including phenoxy) is 2. The third kappa shape index (κ3) is 9.56. The van der Waals surface area contributed by atoms with E-state index in [1.54, 1.807) is 46.6 Å². The molecule has 2 bridgehead atoms. The first kappa shape index (κ1) is 39.3. The molecule has 1 unspecified atom stereocenters. The first-order valence-electron chi connectivity index (χ1n) is 18.2. The third-order valence-corrected chi connectivity index (χ3v) is 14.6. The van der Waals surface area contributed by atoms with Gasteiger partial charge in [-0.15, -0.1) is 0 Å². The van der Waals surface area contributed by atoms with Gasteiger partial charge in [-0.05, 0) is 89.9 Å². The van der Waals surface area contributed by atoms with Crippen molar-refractivity contribution in [3.63, 3.8) is 0 Å². The van der Waals surface area contributed by atoms with E-state index < -0.39 is 37.7 Å². The van der Waals surface area contributed by atoms with Crippen molar-refractivity contribution in [1.29, 1.82) is 0 Å². The summed E-state index contributed by atoms with van der Waals surface area (Å²) in [6.07, 6.45) is 2.58. The zero-order valence-corrected chi connectivity index (χ0v) is 33.6. The lowest BCUT2D eigenvalue weighted by atomic mass is 9.84. The predicted molar refractivity (Wildman–Crippen MR) is 197 cm³/mol. The lowest BCUT2D eigenvalue weighted by Crippen LogP contribution is -2.44. The van der Waals surface area contributed by atoms with Gasteiger partial charge in [-0.25, -0.2) is 14.4 Å². The van der Waals surface area contributed by atoms with Crippen LogP contribution in [0.2, 0.25) is 18.1 Å². The molecule has 0 radical (unpaired) electrons. The number of carbonyl (C=O) groups excluding carboxylic acids is 3. The van der Waals surface area contributed by atoms with Crippen molar-refractivity contribution in [1.82, 2.24) is 25.8 Å². The van der Waals surface area contributed by atoms with Crippen LogP contribution in [-0.2, 0) is 30.1 Å². The van der Waals surface area contributed by atoms with Gasteiger partial charge < -0.3 is 28.6 Å². The normalized spacial score (nSPS) is 20.9. The Balaban J connectivity index is 1.38. The number of benzene rings is 1. The number of piperidine rings is 1. The number of hydrogen-bond acceptors (Lipinski definition) is 10. The molecule has 286 valence electrons. The van der Waals surface area contributed by atoms with E-state index >= 15 is 0 Å². The Bertz CT molecular complexity index is 1630. The van der Waals surface area contributed by atoms with E-state index in [0.717, 1.165) is 24.8 Å². The summed E-state index contributed by atoms with van der Waals surface area (Å²) in [4.78, 5) is 47.5. The molecule has 2 N–H and O–H groups in total. The Hall–Kier alpha value is -3.88. The van der Waals surface area contributed by atoms with Gasteiger partial charge in [0.25, 0.3) is 0 Å². The minimum atomic E-state index is -2.40. The highest BCUT2D eigenvalue weighted by atomic mass is 28.4. The van der Waals surface area contributed by atoms with Crippen LogP contribution < -0.4 is 10.6 Å². The standard InChI is InChI=1S/C38H57N5O8Si/c1-35(2,3)48-32(44)20-31(40-33(45)49-36(4,5)6)39-22-29(51-52(10,11)37(7,8)9)28-19-26(41-50-28)27-21-38(17-18-38)30-23-42(27)34(46)43(30)47-24-25-15-13-12-14-16-25/h12-16,19-20,27,29-30,39H,17-18,21-24H2,1-11H3,(H,40,45)/b31-20+/t27-,29+,30?/m0/s1. The monoisotopic (exact) mass is 739 g/mol. The maximum Gasteiger partial charge on any atom is 0.413 e. The molecule has 3 atom stereocenters. The summed E-state index contributed by atoms with van der Waals surface area (Å²) >= 11 is 0. The number of aromatic nitrogens is 1. The molecule has 3 fully saturated rings. The number of alkyl carbamates (subject to hydrolysis) is 1. The Morgan fingerprint density at radius 2 is 1.69 bits per heavy atom. The SMILES string of the molecule is CC(C)(C)OC(=O)/C=C(\NC[C@@H](O[Si](C)(C)C(C)(C)C)c1cc([C@@H]2CC3(CC3)C3CN2C(=O)N3OCc2ccccc2)no1)NC(=O)OC(C)(C)C. The van der Waals surface area contributed by atoms with Gasteiger partial charge in [0.1, 0.15) is 35.4 Å². The van der Waals surface area contributed by atoms with E-state index in [0.29, 0.717) is 24.6 Å². The lowest BCUT2D eigenvalue weighted by Gasteiger charge is -2.38. The smallest absolute Gasteiger partial charge is 0.413 e. The highest BCUT2D eigenvalue weighted by molar-refractivity contribution is 6.74. The number of esters is 1. The largest absolute Gasteiger partial charge is 0.457 e. The van der Waals surface area contributed by atoms with Crippen LogP contribution in [-0.4, -0.2) is 71.9 Å². The minimum Gasteiger partial charge on any atom is -0.457 e. The zero-order valence-electron chi connectivity index (χ0n) is 32.6. The van der Waals surface area contributed by atoms with E-state index in [9.17, 15) is 14.4 Å². The Kier molecular flexibility index (Phi) is 11.0. The van der Waals surface area contributed by atoms with Crippen molar-refractivity contribution in [3.8, 4) is 0 Å². The van der Waals surface area contributed by atoms with Gasteiger partial charge in [0.2, 0.25) is 0 Å². The molecule has 1 saturated carbocycles. The van der Waals surface area contributed by atoms with Crippen molar-refractivity contribution in [2.45, 2.75) is 136 Å². The van der Waals surface area contributed by atoms with Crippen LogP contribution in [0.15, 0.2) is 52.8 Å². The molecular weight excluding hydrogens is 683 g/mol. The van der Waals surface area contributed by atoms with E-state index in [4.69, 9.17) is 23.3 Å². The maximum atomic E-state index is 13.8. The lowest BCUT2D eigenvalue weighted by molar-refractivity contribution is -0.153. The Morgan fingerprint density at radius 3 is 2.29 bits per heavy atom. The zero-order chi connectivity index (χ0) is 38.3. The van der Waals surface area contributed by atoms with Gasteiger partial charge in [-0.2, -0.15) is 5.06 Å². The third-order valence-electron chi connectivity index (χ3n) is 10.1. The number of amides is 3. The van der Waals surface area contributed by atoms with E-state index in [2.05, 4.69) is 49.7 Å². The van der Waals surface area contributed by atoms with Crippen molar-refractivity contribution < 1.29 is 37.6 Å². The second kappa shape index (κ2) is 14.5. The second-order valence-corrected chi connectivity index (χ2v) is 22.5.